The minimum atomic E-state index is 0.594. The van der Waals surface area contributed by atoms with Gasteiger partial charge in [-0.2, -0.15) is 5.26 Å². The van der Waals surface area contributed by atoms with Gasteiger partial charge in [0.2, 0.25) is 0 Å². The van der Waals surface area contributed by atoms with Crippen molar-refractivity contribution in [2.24, 2.45) is 0 Å². The van der Waals surface area contributed by atoms with Gasteiger partial charge in [0.1, 0.15) is 6.07 Å². The monoisotopic (exact) mass is 862 g/mol. The number of hydrogen-bond donors (Lipinski definition) is 0. The van der Waals surface area contributed by atoms with Crippen LogP contribution in [0.2, 0.25) is 0 Å². The van der Waals surface area contributed by atoms with Crippen molar-refractivity contribution in [1.82, 2.24) is 15.0 Å². The molecule has 0 aliphatic heterocycles. The van der Waals surface area contributed by atoms with Crippen LogP contribution in [-0.4, -0.2) is 15.0 Å². The minimum Gasteiger partial charge on any atom is -0.208 e. The number of nitrogens with zero attached hydrogens (tertiary/aromatic N) is 4. The fourth-order valence-electron chi connectivity index (χ4n) is 10.4. The molecule has 12 aromatic rings. The first kappa shape index (κ1) is 39.1. The molecule has 0 radical (unpaired) electrons. The van der Waals surface area contributed by atoms with Gasteiger partial charge >= 0.3 is 0 Å². The predicted octanol–water partition coefficient (Wildman–Crippen LogP) is 16.5. The summed E-state index contributed by atoms with van der Waals surface area (Å²) in [6.07, 6.45) is 0. The summed E-state index contributed by atoms with van der Waals surface area (Å²) in [5, 5.41) is 18.3. The Balaban J connectivity index is 0.884. The maximum absolute atomic E-state index is 10.9. The standard InChI is InChI=1S/C64H38N4/c65-39-60-48(24-12-27-53(60)51-22-8-7-21-50(51)52-26-13-25-49-46-19-5-4-14-40(46)34-36-54(49)52)42-32-30-41(31-33-42)47-20-6-9-23-58(47)64-67-62(44-15-2-1-3-16-44)66-63(68-64)45-35-37-55-56-28-10-17-43-18-11-29-57(61(43)56)59(55)38-45/h1-38H. The molecule has 1 aliphatic rings. The molecule has 1 heterocycles. The van der Waals surface area contributed by atoms with Gasteiger partial charge in [-0.1, -0.05) is 224 Å². The molecule has 314 valence electrons. The van der Waals surface area contributed by atoms with E-state index in [1.807, 2.05) is 42.5 Å². The van der Waals surface area contributed by atoms with Crippen LogP contribution in [0.3, 0.4) is 0 Å². The van der Waals surface area contributed by atoms with Crippen molar-refractivity contribution in [3.8, 4) is 107 Å². The smallest absolute Gasteiger partial charge is 0.164 e. The molecule has 0 saturated heterocycles. The number of hydrogen-bond acceptors (Lipinski definition) is 4. The molecule has 0 unspecified atom stereocenters. The molecule has 13 rings (SSSR count). The Hall–Kier alpha value is -9.30. The van der Waals surface area contributed by atoms with Crippen LogP contribution in [0.1, 0.15) is 5.56 Å². The van der Waals surface area contributed by atoms with Gasteiger partial charge in [0.25, 0.3) is 0 Å². The zero-order valence-electron chi connectivity index (χ0n) is 36.7. The number of aromatic nitrogens is 3. The Morgan fingerprint density at radius 1 is 0.265 bits per heavy atom. The van der Waals surface area contributed by atoms with Crippen LogP contribution in [0.25, 0.3) is 133 Å². The van der Waals surface area contributed by atoms with Gasteiger partial charge in [-0.25, -0.2) is 15.0 Å². The van der Waals surface area contributed by atoms with E-state index in [0.29, 0.717) is 23.0 Å². The molecule has 4 heteroatoms. The van der Waals surface area contributed by atoms with E-state index < -0.39 is 0 Å². The summed E-state index contributed by atoms with van der Waals surface area (Å²) in [4.78, 5) is 15.5. The highest BCUT2D eigenvalue weighted by atomic mass is 15.0. The average molecular weight is 863 g/mol. The molecule has 0 fully saturated rings. The number of rotatable bonds is 7. The van der Waals surface area contributed by atoms with Crippen LogP contribution in [0, 0.1) is 11.3 Å². The summed E-state index contributed by atoms with van der Waals surface area (Å²) in [7, 11) is 0. The average Bonchev–Trinajstić information content (AvgIpc) is 3.74. The van der Waals surface area contributed by atoms with E-state index >= 15 is 0 Å². The van der Waals surface area contributed by atoms with Crippen LogP contribution in [-0.2, 0) is 0 Å². The molecule has 0 bridgehead atoms. The molecule has 0 amide bonds. The normalized spacial score (nSPS) is 11.5. The lowest BCUT2D eigenvalue weighted by atomic mass is 9.86. The highest BCUT2D eigenvalue weighted by Gasteiger charge is 2.23. The van der Waals surface area contributed by atoms with Crippen LogP contribution >= 0.6 is 0 Å². The van der Waals surface area contributed by atoms with Crippen LogP contribution in [0.4, 0.5) is 0 Å². The van der Waals surface area contributed by atoms with E-state index in [1.54, 1.807) is 0 Å². The number of fused-ring (bicyclic) bond motifs is 6. The van der Waals surface area contributed by atoms with Crippen LogP contribution in [0.5, 0.6) is 0 Å². The molecule has 0 atom stereocenters. The third kappa shape index (κ3) is 6.41. The SMILES string of the molecule is N#Cc1c(-c2ccc(-c3ccccc3-c3nc(-c4ccccc4)nc(-c4ccc5c(c4)-c4cccc6cccc-5c46)n3)cc2)cccc1-c1ccccc1-c1cccc2c1ccc1ccccc12. The highest BCUT2D eigenvalue weighted by Crippen LogP contribution is 2.48. The maximum atomic E-state index is 10.9. The number of nitriles is 1. The lowest BCUT2D eigenvalue weighted by molar-refractivity contribution is 1.07. The third-order valence-corrected chi connectivity index (χ3v) is 13.6. The Kier molecular flexibility index (Phi) is 9.20. The molecule has 0 N–H and O–H groups in total. The first-order valence-electron chi connectivity index (χ1n) is 22.9. The van der Waals surface area contributed by atoms with Gasteiger partial charge in [-0.3, -0.25) is 0 Å². The fraction of sp³-hybridized carbons (Fsp3) is 0. The van der Waals surface area contributed by atoms with Crippen LogP contribution in [0.15, 0.2) is 231 Å². The third-order valence-electron chi connectivity index (χ3n) is 13.6. The summed E-state index contributed by atoms with van der Waals surface area (Å²) in [5.74, 6) is 1.82. The van der Waals surface area contributed by atoms with Crippen molar-refractivity contribution in [3.63, 3.8) is 0 Å². The van der Waals surface area contributed by atoms with Crippen molar-refractivity contribution in [2.45, 2.75) is 0 Å². The molecule has 0 spiro atoms. The lowest BCUT2D eigenvalue weighted by Crippen LogP contribution is -2.01. The summed E-state index contributed by atoms with van der Waals surface area (Å²) in [5.41, 5.74) is 16.3. The highest BCUT2D eigenvalue weighted by molar-refractivity contribution is 6.16. The van der Waals surface area contributed by atoms with E-state index in [1.165, 1.54) is 54.6 Å². The summed E-state index contributed by atoms with van der Waals surface area (Å²) in [6.45, 7) is 0. The molecule has 1 aromatic heterocycles. The lowest BCUT2D eigenvalue weighted by Gasteiger charge is -2.16. The van der Waals surface area contributed by atoms with E-state index in [9.17, 15) is 5.26 Å². The summed E-state index contributed by atoms with van der Waals surface area (Å²) >= 11 is 0. The molecule has 4 nitrogen and oxygen atoms in total. The van der Waals surface area contributed by atoms with E-state index in [4.69, 9.17) is 15.0 Å². The molecule has 1 aliphatic carbocycles. The Labute approximate surface area is 393 Å². The van der Waals surface area contributed by atoms with Gasteiger partial charge in [-0.05, 0) is 94.0 Å². The van der Waals surface area contributed by atoms with Crippen molar-refractivity contribution in [1.29, 1.82) is 5.26 Å². The first-order chi connectivity index (χ1) is 33.7. The zero-order valence-corrected chi connectivity index (χ0v) is 36.7. The maximum Gasteiger partial charge on any atom is 0.164 e. The molecular formula is C64H38N4. The summed E-state index contributed by atoms with van der Waals surface area (Å²) < 4.78 is 0. The van der Waals surface area contributed by atoms with Crippen molar-refractivity contribution >= 4 is 32.3 Å². The second kappa shape index (κ2) is 16.0. The number of benzene rings is 11. The topological polar surface area (TPSA) is 62.5 Å². The second-order valence-electron chi connectivity index (χ2n) is 17.3. The van der Waals surface area contributed by atoms with Gasteiger partial charge in [0.15, 0.2) is 17.5 Å². The minimum absolute atomic E-state index is 0.594. The quantitative estimate of drug-likeness (QED) is 0.150. The van der Waals surface area contributed by atoms with Gasteiger partial charge in [-0.15, -0.1) is 0 Å². The van der Waals surface area contributed by atoms with E-state index in [0.717, 1.165) is 61.2 Å². The van der Waals surface area contributed by atoms with Gasteiger partial charge in [0, 0.05) is 27.8 Å². The van der Waals surface area contributed by atoms with Crippen molar-refractivity contribution in [3.05, 3.63) is 236 Å². The first-order valence-corrected chi connectivity index (χ1v) is 22.9. The molecule has 0 saturated carbocycles. The van der Waals surface area contributed by atoms with Crippen molar-refractivity contribution < 1.29 is 0 Å². The van der Waals surface area contributed by atoms with E-state index in [-0.39, 0.29) is 0 Å². The summed E-state index contributed by atoms with van der Waals surface area (Å²) in [6, 6.07) is 83.3. The predicted molar refractivity (Wildman–Crippen MR) is 280 cm³/mol. The van der Waals surface area contributed by atoms with Crippen LogP contribution < -0.4 is 0 Å². The Morgan fingerprint density at radius 2 is 0.765 bits per heavy atom. The van der Waals surface area contributed by atoms with Gasteiger partial charge in [0.05, 0.1) is 5.56 Å². The largest absolute Gasteiger partial charge is 0.208 e. The second-order valence-corrected chi connectivity index (χ2v) is 17.3. The zero-order chi connectivity index (χ0) is 45.1. The molecule has 11 aromatic carbocycles. The Morgan fingerprint density at radius 3 is 1.54 bits per heavy atom. The molecular weight excluding hydrogens is 825 g/mol. The molecule has 68 heavy (non-hydrogen) atoms. The van der Waals surface area contributed by atoms with Gasteiger partial charge < -0.3 is 0 Å². The van der Waals surface area contributed by atoms with Crippen molar-refractivity contribution in [2.75, 3.05) is 0 Å². The Bertz CT molecular complexity index is 4030. The fourth-order valence-corrected chi connectivity index (χ4v) is 10.4. The van der Waals surface area contributed by atoms with E-state index in [2.05, 4.69) is 194 Å².